The van der Waals surface area contributed by atoms with Gasteiger partial charge in [0.25, 0.3) is 0 Å². The zero-order valence-corrected chi connectivity index (χ0v) is 13.5. The van der Waals surface area contributed by atoms with Crippen LogP contribution < -0.4 is 10.2 Å². The molecule has 1 saturated heterocycles. The molecular formula is C16H28N4. The van der Waals surface area contributed by atoms with Gasteiger partial charge in [-0.1, -0.05) is 13.8 Å². The summed E-state index contributed by atoms with van der Waals surface area (Å²) in [5.74, 6) is 3.24. The number of hydrogen-bond donors (Lipinski definition) is 1. The second-order valence-corrected chi connectivity index (χ2v) is 6.28. The van der Waals surface area contributed by atoms with Gasteiger partial charge >= 0.3 is 0 Å². The highest BCUT2D eigenvalue weighted by atomic mass is 15.2. The second-order valence-electron chi connectivity index (χ2n) is 6.28. The molecule has 20 heavy (non-hydrogen) atoms. The smallest absolute Gasteiger partial charge is 0.133 e. The molecule has 4 heteroatoms. The molecule has 0 aliphatic carbocycles. The van der Waals surface area contributed by atoms with Gasteiger partial charge in [-0.15, -0.1) is 0 Å². The molecule has 1 fully saturated rings. The summed E-state index contributed by atoms with van der Waals surface area (Å²) < 4.78 is 0. The summed E-state index contributed by atoms with van der Waals surface area (Å²) >= 11 is 0. The number of nitrogens with one attached hydrogen (secondary N) is 1. The van der Waals surface area contributed by atoms with Crippen molar-refractivity contribution in [3.8, 4) is 0 Å². The molecule has 0 bridgehead atoms. The Labute approximate surface area is 123 Å². The van der Waals surface area contributed by atoms with E-state index in [0.29, 0.717) is 12.0 Å². The van der Waals surface area contributed by atoms with Crippen LogP contribution in [0, 0.1) is 12.8 Å². The van der Waals surface area contributed by atoms with Crippen molar-refractivity contribution in [2.45, 2.75) is 52.5 Å². The van der Waals surface area contributed by atoms with Gasteiger partial charge in [0.05, 0.1) is 0 Å². The molecule has 1 N–H and O–H groups in total. The van der Waals surface area contributed by atoms with Crippen LogP contribution in [0.2, 0.25) is 0 Å². The van der Waals surface area contributed by atoms with E-state index in [0.717, 1.165) is 36.3 Å². The van der Waals surface area contributed by atoms with Crippen molar-refractivity contribution in [3.63, 3.8) is 0 Å². The maximum absolute atomic E-state index is 4.75. The zero-order valence-electron chi connectivity index (χ0n) is 13.5. The third-order valence-corrected chi connectivity index (χ3v) is 4.40. The molecule has 0 spiro atoms. The van der Waals surface area contributed by atoms with E-state index in [1.807, 2.05) is 0 Å². The number of aromatic nitrogens is 2. The number of hydrogen-bond acceptors (Lipinski definition) is 4. The van der Waals surface area contributed by atoms with Crippen LogP contribution in [-0.2, 0) is 0 Å². The number of piperidine rings is 1. The summed E-state index contributed by atoms with van der Waals surface area (Å²) in [4.78, 5) is 11.7. The summed E-state index contributed by atoms with van der Waals surface area (Å²) in [6.45, 7) is 10.9. The van der Waals surface area contributed by atoms with E-state index in [2.05, 4.69) is 56.0 Å². The van der Waals surface area contributed by atoms with Crippen LogP contribution in [0.3, 0.4) is 0 Å². The fourth-order valence-corrected chi connectivity index (χ4v) is 2.86. The lowest BCUT2D eigenvalue weighted by molar-refractivity contribution is 0.323. The van der Waals surface area contributed by atoms with E-state index in [-0.39, 0.29) is 0 Å². The van der Waals surface area contributed by atoms with Crippen LogP contribution in [0.25, 0.3) is 0 Å². The lowest BCUT2D eigenvalue weighted by Crippen LogP contribution is -2.41. The third kappa shape index (κ3) is 3.48. The predicted octanol–water partition coefficient (Wildman–Crippen LogP) is 2.73. The Morgan fingerprint density at radius 1 is 1.20 bits per heavy atom. The maximum atomic E-state index is 4.75. The first kappa shape index (κ1) is 15.2. The monoisotopic (exact) mass is 276 g/mol. The molecule has 1 aromatic heterocycles. The predicted molar refractivity (Wildman–Crippen MR) is 84.3 cm³/mol. The van der Waals surface area contributed by atoms with Crippen LogP contribution >= 0.6 is 0 Å². The lowest BCUT2D eigenvalue weighted by atomic mass is 9.90. The third-order valence-electron chi connectivity index (χ3n) is 4.40. The standard InChI is InChI=1S/C16H28N4/c1-11(2)16-18-12(3)10-15(19-16)20-8-6-14(7-9-20)13(4)17-5/h10-11,13-14,17H,6-9H2,1-5H3. The Balaban J connectivity index is 2.07. The van der Waals surface area contributed by atoms with Gasteiger partial charge in [-0.05, 0) is 39.7 Å². The van der Waals surface area contributed by atoms with Gasteiger partial charge < -0.3 is 10.2 Å². The minimum absolute atomic E-state index is 0.385. The van der Waals surface area contributed by atoms with Crippen LogP contribution in [0.4, 0.5) is 5.82 Å². The van der Waals surface area contributed by atoms with Gasteiger partial charge in [-0.3, -0.25) is 0 Å². The summed E-state index contributed by atoms with van der Waals surface area (Å²) in [6.07, 6.45) is 2.48. The van der Waals surface area contributed by atoms with Crippen LogP contribution in [0.15, 0.2) is 6.07 Å². The van der Waals surface area contributed by atoms with Crippen molar-refractivity contribution in [1.29, 1.82) is 0 Å². The molecule has 112 valence electrons. The maximum Gasteiger partial charge on any atom is 0.133 e. The highest BCUT2D eigenvalue weighted by Crippen LogP contribution is 2.25. The Kier molecular flexibility index (Phi) is 4.97. The summed E-state index contributed by atoms with van der Waals surface area (Å²) in [5, 5.41) is 3.38. The van der Waals surface area contributed by atoms with E-state index in [4.69, 9.17) is 4.98 Å². The molecule has 1 aliphatic heterocycles. The molecule has 2 rings (SSSR count). The van der Waals surface area contributed by atoms with E-state index >= 15 is 0 Å². The zero-order chi connectivity index (χ0) is 14.7. The highest BCUT2D eigenvalue weighted by molar-refractivity contribution is 5.40. The van der Waals surface area contributed by atoms with Crippen molar-refractivity contribution < 1.29 is 0 Å². The van der Waals surface area contributed by atoms with Gasteiger partial charge in [0, 0.05) is 36.8 Å². The average molecular weight is 276 g/mol. The largest absolute Gasteiger partial charge is 0.356 e. The van der Waals surface area contributed by atoms with Gasteiger partial charge in [0.1, 0.15) is 11.6 Å². The van der Waals surface area contributed by atoms with Gasteiger partial charge in [-0.2, -0.15) is 0 Å². The topological polar surface area (TPSA) is 41.0 Å². The highest BCUT2D eigenvalue weighted by Gasteiger charge is 2.24. The van der Waals surface area contributed by atoms with Crippen molar-refractivity contribution in [1.82, 2.24) is 15.3 Å². The Morgan fingerprint density at radius 3 is 2.40 bits per heavy atom. The lowest BCUT2D eigenvalue weighted by Gasteiger charge is -2.35. The molecule has 0 amide bonds. The van der Waals surface area contributed by atoms with E-state index in [9.17, 15) is 0 Å². The molecule has 4 nitrogen and oxygen atoms in total. The number of anilines is 1. The normalized spacial score (nSPS) is 18.6. The Morgan fingerprint density at radius 2 is 1.85 bits per heavy atom. The molecule has 1 unspecified atom stereocenters. The van der Waals surface area contributed by atoms with Gasteiger partial charge in [-0.25, -0.2) is 9.97 Å². The van der Waals surface area contributed by atoms with Crippen molar-refractivity contribution >= 4 is 5.82 Å². The fourth-order valence-electron chi connectivity index (χ4n) is 2.86. The van der Waals surface area contributed by atoms with Crippen molar-refractivity contribution in [3.05, 3.63) is 17.6 Å². The molecule has 0 radical (unpaired) electrons. The Hall–Kier alpha value is -1.16. The Bertz CT molecular complexity index is 436. The average Bonchev–Trinajstić information content (AvgIpc) is 2.46. The summed E-state index contributed by atoms with van der Waals surface area (Å²) in [6, 6.07) is 2.73. The first-order valence-corrected chi connectivity index (χ1v) is 7.79. The number of rotatable bonds is 4. The van der Waals surface area contributed by atoms with Crippen LogP contribution in [-0.4, -0.2) is 36.1 Å². The first-order chi connectivity index (χ1) is 9.51. The first-order valence-electron chi connectivity index (χ1n) is 7.79. The van der Waals surface area contributed by atoms with Crippen molar-refractivity contribution in [2.24, 2.45) is 5.92 Å². The summed E-state index contributed by atoms with van der Waals surface area (Å²) in [5.41, 5.74) is 1.07. The quantitative estimate of drug-likeness (QED) is 0.918. The van der Waals surface area contributed by atoms with E-state index < -0.39 is 0 Å². The SMILES string of the molecule is CNC(C)C1CCN(c2cc(C)nc(C(C)C)n2)CC1. The molecule has 1 aromatic rings. The molecule has 1 atom stereocenters. The molecular weight excluding hydrogens is 248 g/mol. The molecule has 0 saturated carbocycles. The minimum Gasteiger partial charge on any atom is -0.356 e. The van der Waals surface area contributed by atoms with E-state index in [1.165, 1.54) is 12.8 Å². The number of nitrogens with zero attached hydrogens (tertiary/aromatic N) is 3. The number of aryl methyl sites for hydroxylation is 1. The van der Waals surface area contributed by atoms with Crippen LogP contribution in [0.5, 0.6) is 0 Å². The summed E-state index contributed by atoms with van der Waals surface area (Å²) in [7, 11) is 2.06. The molecule has 2 heterocycles. The molecule has 1 aliphatic rings. The fraction of sp³-hybridized carbons (Fsp3) is 0.750. The molecule has 0 aromatic carbocycles. The van der Waals surface area contributed by atoms with Crippen LogP contribution in [0.1, 0.15) is 51.0 Å². The second kappa shape index (κ2) is 6.53. The van der Waals surface area contributed by atoms with Gasteiger partial charge in [0.2, 0.25) is 0 Å². The van der Waals surface area contributed by atoms with Crippen molar-refractivity contribution in [2.75, 3.05) is 25.0 Å². The van der Waals surface area contributed by atoms with E-state index in [1.54, 1.807) is 0 Å². The van der Waals surface area contributed by atoms with Gasteiger partial charge in [0.15, 0.2) is 0 Å². The minimum atomic E-state index is 0.385.